The number of furan rings is 1. The van der Waals surface area contributed by atoms with E-state index in [9.17, 15) is 0 Å². The molecule has 0 radical (unpaired) electrons. The number of halogens is 2. The van der Waals surface area contributed by atoms with E-state index in [1.165, 1.54) is 0 Å². The largest absolute Gasteiger partial charge is 0.453 e. The molecule has 1 atom stereocenters. The summed E-state index contributed by atoms with van der Waals surface area (Å²) in [6.07, 6.45) is 1.27. The average Bonchev–Trinajstić information content (AvgIpc) is 2.65. The third-order valence-electron chi connectivity index (χ3n) is 1.53. The van der Waals surface area contributed by atoms with Crippen LogP contribution in [0.15, 0.2) is 19.6 Å². The van der Waals surface area contributed by atoms with E-state index in [1.807, 2.05) is 6.07 Å². The zero-order valence-electron chi connectivity index (χ0n) is 5.64. The van der Waals surface area contributed by atoms with Crippen molar-refractivity contribution < 1.29 is 9.15 Å². The highest BCUT2D eigenvalue weighted by atomic mass is 79.9. The molecule has 1 saturated heterocycles. The van der Waals surface area contributed by atoms with Crippen LogP contribution in [-0.4, -0.2) is 12.7 Å². The quantitative estimate of drug-likeness (QED) is 0.779. The first-order valence-corrected chi connectivity index (χ1v) is 4.89. The predicted octanol–water partition coefficient (Wildman–Crippen LogP) is 2.75. The van der Waals surface area contributed by atoms with E-state index in [0.29, 0.717) is 6.10 Å². The van der Waals surface area contributed by atoms with Crippen molar-refractivity contribution in [2.45, 2.75) is 12.5 Å². The molecule has 0 aliphatic carbocycles. The highest BCUT2D eigenvalue weighted by Crippen LogP contribution is 2.28. The van der Waals surface area contributed by atoms with Crippen LogP contribution in [0.25, 0.3) is 0 Å². The van der Waals surface area contributed by atoms with E-state index in [1.54, 1.807) is 0 Å². The Balaban J connectivity index is 2.11. The first-order chi connectivity index (χ1) is 5.25. The van der Waals surface area contributed by atoms with Gasteiger partial charge in [0.1, 0.15) is 5.76 Å². The van der Waals surface area contributed by atoms with Crippen molar-refractivity contribution >= 4 is 31.9 Å². The number of hydrogen-bond acceptors (Lipinski definition) is 2. The molecule has 0 saturated carbocycles. The van der Waals surface area contributed by atoms with Gasteiger partial charge in [-0.15, -0.1) is 0 Å². The molecular weight excluding hydrogens is 276 g/mol. The van der Waals surface area contributed by atoms with Crippen molar-refractivity contribution in [1.82, 2.24) is 0 Å². The average molecular weight is 282 g/mol. The topological polar surface area (TPSA) is 25.7 Å². The summed E-state index contributed by atoms with van der Waals surface area (Å²) in [7, 11) is 0. The van der Waals surface area contributed by atoms with E-state index < -0.39 is 0 Å². The van der Waals surface area contributed by atoms with Crippen molar-refractivity contribution in [1.29, 1.82) is 0 Å². The number of epoxide rings is 1. The fourth-order valence-corrected chi connectivity index (χ4v) is 1.56. The Hall–Kier alpha value is 0.200. The highest BCUT2D eigenvalue weighted by Gasteiger charge is 2.24. The van der Waals surface area contributed by atoms with Gasteiger partial charge in [-0.2, -0.15) is 0 Å². The van der Waals surface area contributed by atoms with E-state index in [2.05, 4.69) is 31.9 Å². The Morgan fingerprint density at radius 2 is 2.27 bits per heavy atom. The van der Waals surface area contributed by atoms with E-state index in [0.717, 1.165) is 27.9 Å². The lowest BCUT2D eigenvalue weighted by Gasteiger charge is -1.87. The molecule has 2 rings (SSSR count). The lowest BCUT2D eigenvalue weighted by Crippen LogP contribution is -1.89. The van der Waals surface area contributed by atoms with Gasteiger partial charge in [0.05, 0.1) is 17.2 Å². The predicted molar refractivity (Wildman–Crippen MR) is 47.6 cm³/mol. The van der Waals surface area contributed by atoms with Gasteiger partial charge in [-0.25, -0.2) is 0 Å². The second-order valence-electron chi connectivity index (χ2n) is 2.49. The lowest BCUT2D eigenvalue weighted by atomic mass is 10.3. The Bertz CT molecular complexity index is 246. The van der Waals surface area contributed by atoms with Crippen LogP contribution in [0.3, 0.4) is 0 Å². The Kier molecular flexibility index (Phi) is 2.08. The van der Waals surface area contributed by atoms with Crippen molar-refractivity contribution in [3.05, 3.63) is 21.0 Å². The fraction of sp³-hybridized carbons (Fsp3) is 0.429. The van der Waals surface area contributed by atoms with Crippen LogP contribution in [0.1, 0.15) is 5.76 Å². The molecule has 11 heavy (non-hydrogen) atoms. The Morgan fingerprint density at radius 3 is 2.73 bits per heavy atom. The molecule has 0 N–H and O–H groups in total. The highest BCUT2D eigenvalue weighted by molar-refractivity contribution is 9.13. The van der Waals surface area contributed by atoms with Crippen LogP contribution in [0.4, 0.5) is 0 Å². The maximum absolute atomic E-state index is 5.35. The molecule has 1 aromatic rings. The normalized spacial score (nSPS) is 22.2. The van der Waals surface area contributed by atoms with Crippen LogP contribution >= 0.6 is 31.9 Å². The van der Waals surface area contributed by atoms with E-state index >= 15 is 0 Å². The van der Waals surface area contributed by atoms with Crippen LogP contribution < -0.4 is 0 Å². The minimum Gasteiger partial charge on any atom is -0.453 e. The fourth-order valence-electron chi connectivity index (χ4n) is 0.902. The number of rotatable bonds is 2. The minimum atomic E-state index is 0.389. The molecule has 1 aromatic heterocycles. The molecule has 60 valence electrons. The Morgan fingerprint density at radius 1 is 1.55 bits per heavy atom. The van der Waals surface area contributed by atoms with Crippen LogP contribution in [-0.2, 0) is 11.2 Å². The monoisotopic (exact) mass is 280 g/mol. The standard InChI is InChI=1S/C7H6Br2O2/c8-6-2-4(11-7(6)9)1-5-3-10-5/h2,5H,1,3H2. The third-order valence-corrected chi connectivity index (χ3v) is 3.24. The SMILES string of the molecule is Brc1cc(CC2CO2)oc1Br. The van der Waals surface area contributed by atoms with Crippen molar-refractivity contribution in [3.63, 3.8) is 0 Å². The van der Waals surface area contributed by atoms with Gasteiger partial charge in [0.25, 0.3) is 0 Å². The summed E-state index contributed by atoms with van der Waals surface area (Å²) in [6.45, 7) is 0.871. The number of ether oxygens (including phenoxy) is 1. The molecule has 2 heterocycles. The van der Waals surface area contributed by atoms with Gasteiger partial charge in [-0.1, -0.05) is 0 Å². The van der Waals surface area contributed by atoms with Crippen molar-refractivity contribution in [3.8, 4) is 0 Å². The summed E-state index contributed by atoms with van der Waals surface area (Å²) in [5.74, 6) is 0.964. The summed E-state index contributed by atoms with van der Waals surface area (Å²) in [5.41, 5.74) is 0. The molecule has 1 unspecified atom stereocenters. The van der Waals surface area contributed by atoms with Crippen LogP contribution in [0, 0.1) is 0 Å². The van der Waals surface area contributed by atoms with Gasteiger partial charge in [0.15, 0.2) is 4.67 Å². The molecule has 0 bridgehead atoms. The van der Waals surface area contributed by atoms with Crippen molar-refractivity contribution in [2.75, 3.05) is 6.61 Å². The van der Waals surface area contributed by atoms with E-state index in [-0.39, 0.29) is 0 Å². The van der Waals surface area contributed by atoms with Crippen LogP contribution in [0.5, 0.6) is 0 Å². The molecule has 1 fully saturated rings. The van der Waals surface area contributed by atoms with Gasteiger partial charge >= 0.3 is 0 Å². The van der Waals surface area contributed by atoms with Gasteiger partial charge in [0.2, 0.25) is 0 Å². The van der Waals surface area contributed by atoms with Crippen LogP contribution in [0.2, 0.25) is 0 Å². The first-order valence-electron chi connectivity index (χ1n) is 3.31. The van der Waals surface area contributed by atoms with Gasteiger partial charge < -0.3 is 9.15 Å². The minimum absolute atomic E-state index is 0.389. The summed E-state index contributed by atoms with van der Waals surface area (Å²) in [4.78, 5) is 0. The zero-order chi connectivity index (χ0) is 7.84. The maximum atomic E-state index is 5.35. The van der Waals surface area contributed by atoms with Gasteiger partial charge in [-0.3, -0.25) is 0 Å². The Labute approximate surface area is 81.2 Å². The third kappa shape index (κ3) is 1.86. The summed E-state index contributed by atoms with van der Waals surface area (Å²) in [6, 6.07) is 1.96. The molecule has 0 aromatic carbocycles. The molecule has 2 nitrogen and oxygen atoms in total. The second-order valence-corrected chi connectivity index (χ2v) is 4.07. The number of hydrogen-bond donors (Lipinski definition) is 0. The summed E-state index contributed by atoms with van der Waals surface area (Å²) >= 11 is 6.62. The molecule has 0 spiro atoms. The van der Waals surface area contributed by atoms with Gasteiger partial charge in [0, 0.05) is 6.42 Å². The summed E-state index contributed by atoms with van der Waals surface area (Å²) in [5, 5.41) is 0. The molecular formula is C7H6Br2O2. The van der Waals surface area contributed by atoms with Crippen molar-refractivity contribution in [2.24, 2.45) is 0 Å². The first kappa shape index (κ1) is 7.83. The molecule has 4 heteroatoms. The molecule has 0 amide bonds. The lowest BCUT2D eigenvalue weighted by molar-refractivity contribution is 0.385. The summed E-state index contributed by atoms with van der Waals surface area (Å²) < 4.78 is 12.1. The van der Waals surface area contributed by atoms with Gasteiger partial charge in [-0.05, 0) is 37.9 Å². The smallest absolute Gasteiger partial charge is 0.183 e. The molecule has 1 aliphatic rings. The van der Waals surface area contributed by atoms with E-state index in [4.69, 9.17) is 9.15 Å². The maximum Gasteiger partial charge on any atom is 0.183 e. The zero-order valence-corrected chi connectivity index (χ0v) is 8.81. The second kappa shape index (κ2) is 2.92. The molecule has 1 aliphatic heterocycles.